The molecule has 1 aliphatic heterocycles. The summed E-state index contributed by atoms with van der Waals surface area (Å²) in [7, 11) is -3.42. The minimum Gasteiger partial charge on any atom is -0.490 e. The highest BCUT2D eigenvalue weighted by atomic mass is 79.9. The van der Waals surface area contributed by atoms with Gasteiger partial charge in [-0.15, -0.1) is 11.3 Å². The maximum absolute atomic E-state index is 12.8. The van der Waals surface area contributed by atoms with Crippen LogP contribution in [0.2, 0.25) is 0 Å². The van der Waals surface area contributed by atoms with Crippen molar-refractivity contribution in [2.24, 2.45) is 0 Å². The fourth-order valence-corrected chi connectivity index (χ4v) is 7.44. The van der Waals surface area contributed by atoms with Crippen molar-refractivity contribution in [1.82, 2.24) is 4.31 Å². The first-order valence-electron chi connectivity index (χ1n) is 11.3. The number of piperidine rings is 1. The number of hydrogen-bond acceptors (Lipinski definition) is 7. The molecular formula is C25H24BrNO8S2. The number of ether oxygens (including phenoxy) is 2. The fourth-order valence-electron chi connectivity index (χ4n) is 3.99. The maximum atomic E-state index is 12.8. The number of carboxylic acid groups (broad SMARTS) is 2. The first kappa shape index (κ1) is 27.1. The van der Waals surface area contributed by atoms with Crippen molar-refractivity contribution in [2.75, 3.05) is 19.7 Å². The van der Waals surface area contributed by atoms with Gasteiger partial charge in [0.1, 0.15) is 11.9 Å². The average molecular weight is 611 g/mol. The fraction of sp³-hybridized carbons (Fsp3) is 0.280. The van der Waals surface area contributed by atoms with Gasteiger partial charge in [-0.1, -0.05) is 42.5 Å². The topological polar surface area (TPSA) is 130 Å². The van der Waals surface area contributed by atoms with E-state index in [9.17, 15) is 23.1 Å². The van der Waals surface area contributed by atoms with Crippen LogP contribution in [0.15, 0.2) is 59.1 Å². The van der Waals surface area contributed by atoms with Crippen molar-refractivity contribution in [3.05, 3.63) is 69.5 Å². The first-order valence-corrected chi connectivity index (χ1v) is 14.5. The van der Waals surface area contributed by atoms with E-state index in [0.717, 1.165) is 16.9 Å². The molecule has 12 heteroatoms. The highest BCUT2D eigenvalue weighted by Crippen LogP contribution is 2.46. The molecule has 1 aliphatic rings. The number of carbonyl (C=O) groups is 2. The summed E-state index contributed by atoms with van der Waals surface area (Å²) < 4.78 is 38.8. The van der Waals surface area contributed by atoms with Gasteiger partial charge in [-0.05, 0) is 52.0 Å². The molecular weight excluding hydrogens is 586 g/mol. The SMILES string of the molecule is O=C(O)COc1c(C(=O)O)sc(-c2cccc(OC3CCN(S(=O)(=O)Cc4ccccc4)CC3)c2)c1Br. The largest absolute Gasteiger partial charge is 0.490 e. The second-order valence-electron chi connectivity index (χ2n) is 8.38. The van der Waals surface area contributed by atoms with E-state index in [0.29, 0.717) is 46.6 Å². The Hall–Kier alpha value is -2.93. The number of sulfonamides is 1. The third kappa shape index (κ3) is 6.69. The van der Waals surface area contributed by atoms with Crippen LogP contribution in [0.25, 0.3) is 10.4 Å². The zero-order chi connectivity index (χ0) is 26.6. The minimum absolute atomic E-state index is 0.0341. The number of aromatic carboxylic acids is 1. The van der Waals surface area contributed by atoms with Crippen LogP contribution >= 0.6 is 27.3 Å². The van der Waals surface area contributed by atoms with Crippen molar-refractivity contribution in [3.63, 3.8) is 0 Å². The Labute approximate surface area is 226 Å². The molecule has 0 unspecified atom stereocenters. The third-order valence-electron chi connectivity index (χ3n) is 5.73. The lowest BCUT2D eigenvalue weighted by atomic mass is 10.1. The summed E-state index contributed by atoms with van der Waals surface area (Å²) in [5.41, 5.74) is 1.42. The van der Waals surface area contributed by atoms with Crippen molar-refractivity contribution in [1.29, 1.82) is 0 Å². The number of aliphatic carboxylic acids is 1. The lowest BCUT2D eigenvalue weighted by Crippen LogP contribution is -2.42. The molecule has 3 aromatic rings. The molecule has 4 rings (SSSR count). The van der Waals surface area contributed by atoms with Crippen LogP contribution in [-0.2, 0) is 20.6 Å². The molecule has 0 amide bonds. The lowest BCUT2D eigenvalue weighted by Gasteiger charge is -2.31. The molecule has 1 fully saturated rings. The molecule has 37 heavy (non-hydrogen) atoms. The van der Waals surface area contributed by atoms with Gasteiger partial charge in [-0.25, -0.2) is 22.3 Å². The Morgan fingerprint density at radius 1 is 1.05 bits per heavy atom. The Bertz CT molecular complexity index is 1380. The number of carboxylic acids is 2. The molecule has 9 nitrogen and oxygen atoms in total. The zero-order valence-corrected chi connectivity index (χ0v) is 22.7. The second-order valence-corrected chi connectivity index (χ2v) is 12.2. The van der Waals surface area contributed by atoms with Gasteiger partial charge in [-0.2, -0.15) is 0 Å². The van der Waals surface area contributed by atoms with Crippen molar-refractivity contribution in [2.45, 2.75) is 24.7 Å². The van der Waals surface area contributed by atoms with Crippen molar-refractivity contribution in [3.8, 4) is 21.9 Å². The van der Waals surface area contributed by atoms with Crippen LogP contribution in [0.5, 0.6) is 11.5 Å². The van der Waals surface area contributed by atoms with Crippen LogP contribution in [0.1, 0.15) is 28.1 Å². The van der Waals surface area contributed by atoms with Crippen molar-refractivity contribution < 1.29 is 37.7 Å². The van der Waals surface area contributed by atoms with Gasteiger partial charge in [0.15, 0.2) is 17.2 Å². The van der Waals surface area contributed by atoms with Crippen molar-refractivity contribution >= 4 is 49.2 Å². The predicted molar refractivity (Wildman–Crippen MR) is 142 cm³/mol. The smallest absolute Gasteiger partial charge is 0.349 e. The zero-order valence-electron chi connectivity index (χ0n) is 19.5. The summed E-state index contributed by atoms with van der Waals surface area (Å²) in [6, 6.07) is 16.2. The van der Waals surface area contributed by atoms with Gasteiger partial charge in [0.05, 0.1) is 15.1 Å². The molecule has 1 saturated heterocycles. The summed E-state index contributed by atoms with van der Waals surface area (Å²) in [5.74, 6) is -1.95. The molecule has 0 spiro atoms. The molecule has 2 aromatic carbocycles. The van der Waals surface area contributed by atoms with E-state index in [2.05, 4.69) is 15.9 Å². The molecule has 0 saturated carbocycles. The number of rotatable bonds is 10. The Kier molecular flexibility index (Phi) is 8.53. The Balaban J connectivity index is 1.43. The van der Waals surface area contributed by atoms with Gasteiger partial charge in [0, 0.05) is 13.1 Å². The summed E-state index contributed by atoms with van der Waals surface area (Å²) in [4.78, 5) is 23.0. The van der Waals surface area contributed by atoms with Crippen LogP contribution in [0.3, 0.4) is 0 Å². The number of thiophene rings is 1. The minimum atomic E-state index is -3.42. The van der Waals surface area contributed by atoms with Gasteiger partial charge >= 0.3 is 11.9 Å². The molecule has 0 atom stereocenters. The van der Waals surface area contributed by atoms with E-state index < -0.39 is 28.6 Å². The Morgan fingerprint density at radius 2 is 1.76 bits per heavy atom. The molecule has 196 valence electrons. The van der Waals surface area contributed by atoms with E-state index in [1.165, 1.54) is 4.31 Å². The highest BCUT2D eigenvalue weighted by molar-refractivity contribution is 9.10. The summed E-state index contributed by atoms with van der Waals surface area (Å²) in [5, 5.41) is 18.4. The van der Waals surface area contributed by atoms with Crippen LogP contribution in [0, 0.1) is 0 Å². The number of hydrogen-bond donors (Lipinski definition) is 2. The highest BCUT2D eigenvalue weighted by Gasteiger charge is 2.29. The van der Waals surface area contributed by atoms with Crippen LogP contribution in [-0.4, -0.2) is 60.7 Å². The van der Waals surface area contributed by atoms with E-state index in [-0.39, 0.29) is 22.5 Å². The molecule has 0 radical (unpaired) electrons. The lowest BCUT2D eigenvalue weighted by molar-refractivity contribution is -0.139. The summed E-state index contributed by atoms with van der Waals surface area (Å²) in [6.07, 6.45) is 0.906. The third-order valence-corrected chi connectivity index (χ3v) is 9.81. The van der Waals surface area contributed by atoms with Gasteiger partial charge in [0.25, 0.3) is 0 Å². The molecule has 1 aromatic heterocycles. The van der Waals surface area contributed by atoms with Gasteiger partial charge in [0.2, 0.25) is 10.0 Å². The second kappa shape index (κ2) is 11.6. The summed E-state index contributed by atoms with van der Waals surface area (Å²) in [6.45, 7) is 0.0580. The quantitative estimate of drug-likeness (QED) is 0.338. The molecule has 0 aliphatic carbocycles. The number of benzene rings is 2. The summed E-state index contributed by atoms with van der Waals surface area (Å²) >= 11 is 4.32. The van der Waals surface area contributed by atoms with Gasteiger partial charge in [-0.3, -0.25) is 0 Å². The average Bonchev–Trinajstić information content (AvgIpc) is 3.20. The molecule has 2 heterocycles. The van der Waals surface area contributed by atoms with E-state index in [1.54, 1.807) is 36.4 Å². The molecule has 0 bridgehead atoms. The normalized spacial score (nSPS) is 14.8. The van der Waals surface area contributed by atoms with Crippen LogP contribution < -0.4 is 9.47 Å². The predicted octanol–water partition coefficient (Wildman–Crippen LogP) is 4.71. The monoisotopic (exact) mass is 609 g/mol. The number of halogens is 1. The Morgan fingerprint density at radius 3 is 2.41 bits per heavy atom. The van der Waals surface area contributed by atoms with E-state index >= 15 is 0 Å². The van der Waals surface area contributed by atoms with Crippen LogP contribution in [0.4, 0.5) is 0 Å². The maximum Gasteiger partial charge on any atom is 0.349 e. The molecule has 2 N–H and O–H groups in total. The standard InChI is InChI=1S/C25H24BrNO8S2/c26-21-22(34-14-20(28)29)24(25(30)31)36-23(21)17-7-4-8-19(13-17)35-18-9-11-27(12-10-18)37(32,33)15-16-5-2-1-3-6-16/h1-8,13,18H,9-12,14-15H2,(H,28,29)(H,30,31). The first-order chi connectivity index (χ1) is 17.6. The van der Waals surface area contributed by atoms with Gasteiger partial charge < -0.3 is 19.7 Å². The van der Waals surface area contributed by atoms with E-state index in [1.807, 2.05) is 18.2 Å². The number of nitrogens with zero attached hydrogens (tertiary/aromatic N) is 1. The van der Waals surface area contributed by atoms with E-state index in [4.69, 9.17) is 14.6 Å².